The van der Waals surface area contributed by atoms with E-state index >= 15 is 0 Å². The fourth-order valence-corrected chi connectivity index (χ4v) is 2.98. The molecular weight excluding hydrogens is 304 g/mol. The van der Waals surface area contributed by atoms with Crippen molar-refractivity contribution in [1.82, 2.24) is 25.1 Å². The average Bonchev–Trinajstić information content (AvgIpc) is 3.23. The third kappa shape index (κ3) is 3.25. The standard InChI is InChI=1S/C13H18N6O2S/c1-2-18-4-3-14-11(18)12(20)15-7-10-8-19(5-6-21-10)13-17-16-9-22-13/h3-4,9-10H,2,5-8H2,1H3,(H,15,20). The highest BCUT2D eigenvalue weighted by molar-refractivity contribution is 7.13. The summed E-state index contributed by atoms with van der Waals surface area (Å²) in [6, 6.07) is 0. The van der Waals surface area contributed by atoms with Gasteiger partial charge in [-0.15, -0.1) is 10.2 Å². The minimum Gasteiger partial charge on any atom is -0.373 e. The summed E-state index contributed by atoms with van der Waals surface area (Å²) in [4.78, 5) is 18.4. The lowest BCUT2D eigenvalue weighted by atomic mass is 10.3. The van der Waals surface area contributed by atoms with Crippen molar-refractivity contribution in [2.75, 3.05) is 31.1 Å². The molecule has 1 aliphatic rings. The molecule has 0 aliphatic carbocycles. The van der Waals surface area contributed by atoms with Crippen LogP contribution in [0.1, 0.15) is 17.5 Å². The van der Waals surface area contributed by atoms with Crippen molar-refractivity contribution < 1.29 is 9.53 Å². The van der Waals surface area contributed by atoms with E-state index in [9.17, 15) is 4.79 Å². The van der Waals surface area contributed by atoms with E-state index in [2.05, 4.69) is 25.4 Å². The van der Waals surface area contributed by atoms with Crippen LogP contribution in [0.25, 0.3) is 0 Å². The second-order valence-electron chi connectivity index (χ2n) is 4.91. The van der Waals surface area contributed by atoms with Gasteiger partial charge in [-0.2, -0.15) is 0 Å². The Balaban J connectivity index is 1.54. The fourth-order valence-electron chi connectivity index (χ4n) is 2.38. The van der Waals surface area contributed by atoms with Gasteiger partial charge in [0.25, 0.3) is 5.91 Å². The van der Waals surface area contributed by atoms with Crippen molar-refractivity contribution in [1.29, 1.82) is 0 Å². The molecule has 1 fully saturated rings. The predicted molar refractivity (Wildman–Crippen MR) is 82.1 cm³/mol. The summed E-state index contributed by atoms with van der Waals surface area (Å²) in [5.41, 5.74) is 1.71. The van der Waals surface area contributed by atoms with Gasteiger partial charge in [-0.25, -0.2) is 4.98 Å². The van der Waals surface area contributed by atoms with E-state index < -0.39 is 0 Å². The van der Waals surface area contributed by atoms with Crippen LogP contribution in [0.3, 0.4) is 0 Å². The van der Waals surface area contributed by atoms with Crippen LogP contribution in [0.4, 0.5) is 5.13 Å². The second kappa shape index (κ2) is 6.84. The molecule has 118 valence electrons. The molecule has 3 rings (SSSR count). The zero-order chi connectivity index (χ0) is 15.4. The predicted octanol–water partition coefficient (Wildman–Crippen LogP) is 0.390. The third-order valence-corrected chi connectivity index (χ3v) is 4.26. The van der Waals surface area contributed by atoms with Crippen molar-refractivity contribution in [3.05, 3.63) is 23.7 Å². The maximum absolute atomic E-state index is 12.2. The molecule has 22 heavy (non-hydrogen) atoms. The summed E-state index contributed by atoms with van der Waals surface area (Å²) in [5, 5.41) is 11.7. The maximum atomic E-state index is 12.2. The van der Waals surface area contributed by atoms with E-state index in [0.717, 1.165) is 11.7 Å². The van der Waals surface area contributed by atoms with Gasteiger partial charge in [0.05, 0.1) is 12.7 Å². The molecule has 9 heteroatoms. The van der Waals surface area contributed by atoms with Crippen LogP contribution >= 0.6 is 11.3 Å². The van der Waals surface area contributed by atoms with Gasteiger partial charge >= 0.3 is 0 Å². The molecule has 3 heterocycles. The maximum Gasteiger partial charge on any atom is 0.287 e. The van der Waals surface area contributed by atoms with Crippen LogP contribution in [0.15, 0.2) is 17.9 Å². The molecule has 0 aromatic carbocycles. The Hall–Kier alpha value is -2.00. The molecule has 1 N–H and O–H groups in total. The number of imidazole rings is 1. The zero-order valence-electron chi connectivity index (χ0n) is 12.3. The van der Waals surface area contributed by atoms with Gasteiger partial charge in [0.1, 0.15) is 5.51 Å². The van der Waals surface area contributed by atoms with Gasteiger partial charge in [0, 0.05) is 38.6 Å². The third-order valence-electron chi connectivity index (χ3n) is 3.51. The average molecular weight is 322 g/mol. The monoisotopic (exact) mass is 322 g/mol. The smallest absolute Gasteiger partial charge is 0.287 e. The second-order valence-corrected chi connectivity index (χ2v) is 5.72. The van der Waals surface area contributed by atoms with Crippen molar-refractivity contribution in [2.45, 2.75) is 19.6 Å². The number of carbonyl (C=O) groups is 1. The number of nitrogens with one attached hydrogen (secondary N) is 1. The van der Waals surface area contributed by atoms with Crippen molar-refractivity contribution in [3.63, 3.8) is 0 Å². The van der Waals surface area contributed by atoms with E-state index in [4.69, 9.17) is 4.74 Å². The molecule has 2 aromatic rings. The number of aryl methyl sites for hydroxylation is 1. The number of hydrogen-bond donors (Lipinski definition) is 1. The van der Waals surface area contributed by atoms with Crippen LogP contribution < -0.4 is 10.2 Å². The van der Waals surface area contributed by atoms with E-state index in [-0.39, 0.29) is 12.0 Å². The summed E-state index contributed by atoms with van der Waals surface area (Å²) >= 11 is 1.51. The topological polar surface area (TPSA) is 85.2 Å². The highest BCUT2D eigenvalue weighted by Crippen LogP contribution is 2.18. The number of carbonyl (C=O) groups excluding carboxylic acids is 1. The van der Waals surface area contributed by atoms with Crippen molar-refractivity contribution in [3.8, 4) is 0 Å². The quantitative estimate of drug-likeness (QED) is 0.857. The molecule has 1 atom stereocenters. The van der Waals surface area contributed by atoms with Gasteiger partial charge in [-0.1, -0.05) is 11.3 Å². The molecule has 1 amide bonds. The Bertz CT molecular complexity index is 614. The largest absolute Gasteiger partial charge is 0.373 e. The molecule has 1 saturated heterocycles. The Kier molecular flexibility index (Phi) is 4.64. The Morgan fingerprint density at radius 1 is 1.59 bits per heavy atom. The summed E-state index contributed by atoms with van der Waals surface area (Å²) in [6.07, 6.45) is 3.36. The summed E-state index contributed by atoms with van der Waals surface area (Å²) in [7, 11) is 0. The number of amides is 1. The first kappa shape index (κ1) is 14.9. The van der Waals surface area contributed by atoms with E-state index in [1.165, 1.54) is 11.3 Å². The summed E-state index contributed by atoms with van der Waals surface area (Å²) in [6.45, 7) is 5.24. The molecular formula is C13H18N6O2S. The normalized spacial score (nSPS) is 18.4. The van der Waals surface area contributed by atoms with Crippen LogP contribution in [0.5, 0.6) is 0 Å². The van der Waals surface area contributed by atoms with Gasteiger partial charge in [-0.05, 0) is 6.92 Å². The first-order valence-corrected chi connectivity index (χ1v) is 8.08. The van der Waals surface area contributed by atoms with Crippen molar-refractivity contribution >= 4 is 22.4 Å². The number of nitrogens with zero attached hydrogens (tertiary/aromatic N) is 5. The number of morpholine rings is 1. The highest BCUT2D eigenvalue weighted by Gasteiger charge is 2.23. The van der Waals surface area contributed by atoms with E-state index in [1.807, 2.05) is 11.5 Å². The van der Waals surface area contributed by atoms with E-state index in [0.29, 0.717) is 32.1 Å². The molecule has 0 bridgehead atoms. The van der Waals surface area contributed by atoms with Crippen LogP contribution in [0, 0.1) is 0 Å². The Labute approximate surface area is 132 Å². The first-order valence-electron chi connectivity index (χ1n) is 7.20. The minimum atomic E-state index is -0.177. The van der Waals surface area contributed by atoms with Gasteiger partial charge in [0.2, 0.25) is 5.13 Å². The van der Waals surface area contributed by atoms with E-state index in [1.54, 1.807) is 17.9 Å². The van der Waals surface area contributed by atoms with Gasteiger partial charge < -0.3 is 19.5 Å². The number of ether oxygens (including phenoxy) is 1. The van der Waals surface area contributed by atoms with Crippen LogP contribution in [-0.4, -0.2) is 58.0 Å². The Morgan fingerprint density at radius 2 is 2.50 bits per heavy atom. The SMILES string of the molecule is CCn1ccnc1C(=O)NCC1CN(c2nncs2)CCO1. The van der Waals surface area contributed by atoms with Crippen LogP contribution in [0.2, 0.25) is 0 Å². The lowest BCUT2D eigenvalue weighted by Gasteiger charge is -2.32. The molecule has 2 aromatic heterocycles. The molecule has 8 nitrogen and oxygen atoms in total. The molecule has 1 unspecified atom stereocenters. The first-order chi connectivity index (χ1) is 10.8. The lowest BCUT2D eigenvalue weighted by molar-refractivity contribution is 0.0395. The number of anilines is 1. The minimum absolute atomic E-state index is 0.0633. The number of rotatable bonds is 5. The fraction of sp³-hybridized carbons (Fsp3) is 0.538. The number of hydrogen-bond acceptors (Lipinski definition) is 7. The zero-order valence-corrected chi connectivity index (χ0v) is 13.1. The van der Waals surface area contributed by atoms with Crippen LogP contribution in [-0.2, 0) is 11.3 Å². The molecule has 0 spiro atoms. The van der Waals surface area contributed by atoms with Gasteiger partial charge in [0.15, 0.2) is 5.82 Å². The van der Waals surface area contributed by atoms with Crippen molar-refractivity contribution in [2.24, 2.45) is 0 Å². The Morgan fingerprint density at radius 3 is 3.27 bits per heavy atom. The highest BCUT2D eigenvalue weighted by atomic mass is 32.1. The number of aromatic nitrogens is 4. The lowest BCUT2D eigenvalue weighted by Crippen LogP contribution is -2.47. The molecule has 0 radical (unpaired) electrons. The van der Waals surface area contributed by atoms with Gasteiger partial charge in [-0.3, -0.25) is 4.79 Å². The molecule has 0 saturated carbocycles. The molecule has 1 aliphatic heterocycles. The summed E-state index contributed by atoms with van der Waals surface area (Å²) < 4.78 is 7.51. The summed E-state index contributed by atoms with van der Waals surface area (Å²) in [5.74, 6) is 0.253.